The molecule has 0 amide bonds. The van der Waals surface area contributed by atoms with Gasteiger partial charge in [-0.1, -0.05) is 32.9 Å². The lowest BCUT2D eigenvalue weighted by atomic mass is 10.2. The number of anilines is 1. The maximum absolute atomic E-state index is 13.5. The molecule has 0 radical (unpaired) electrons. The average molecular weight is 527 g/mol. The quantitative estimate of drug-likeness (QED) is 0.245. The number of fused-ring (bicyclic) bond motifs is 1. The lowest BCUT2D eigenvalue weighted by Gasteiger charge is -2.36. The Kier molecular flexibility index (Phi) is 6.58. The monoisotopic (exact) mass is 526 g/mol. The fourth-order valence-corrected chi connectivity index (χ4v) is 4.84. The summed E-state index contributed by atoms with van der Waals surface area (Å²) >= 11 is 0. The number of aromatic nitrogens is 5. The van der Waals surface area contributed by atoms with Crippen LogP contribution in [-0.4, -0.2) is 32.8 Å². The SMILES string of the molecule is CC(C)(C)[Si](C)(C)OCc1ccc(-n2c(-c3cccnc3N)nc3ccc(-c4ccc(F)cn4)nc32)cc1. The van der Waals surface area contributed by atoms with E-state index in [1.54, 1.807) is 12.3 Å². The lowest BCUT2D eigenvalue weighted by Crippen LogP contribution is -2.40. The topological polar surface area (TPSA) is 91.7 Å². The Labute approximate surface area is 222 Å². The first kappa shape index (κ1) is 25.7. The van der Waals surface area contributed by atoms with E-state index < -0.39 is 14.1 Å². The molecule has 0 fully saturated rings. The van der Waals surface area contributed by atoms with Crippen LogP contribution in [0.3, 0.4) is 0 Å². The van der Waals surface area contributed by atoms with Gasteiger partial charge in [-0.15, -0.1) is 0 Å². The van der Waals surface area contributed by atoms with Crippen molar-refractivity contribution in [3.63, 3.8) is 0 Å². The molecule has 0 saturated carbocycles. The van der Waals surface area contributed by atoms with E-state index in [-0.39, 0.29) is 5.04 Å². The lowest BCUT2D eigenvalue weighted by molar-refractivity contribution is 0.276. The van der Waals surface area contributed by atoms with Gasteiger partial charge >= 0.3 is 0 Å². The van der Waals surface area contributed by atoms with Crippen LogP contribution in [0, 0.1) is 5.82 Å². The normalized spacial score (nSPS) is 12.3. The molecule has 4 aromatic heterocycles. The van der Waals surface area contributed by atoms with Crippen molar-refractivity contribution in [1.82, 2.24) is 24.5 Å². The van der Waals surface area contributed by atoms with E-state index in [4.69, 9.17) is 20.1 Å². The third-order valence-corrected chi connectivity index (χ3v) is 11.7. The Morgan fingerprint density at radius 1 is 0.921 bits per heavy atom. The largest absolute Gasteiger partial charge is 0.413 e. The summed E-state index contributed by atoms with van der Waals surface area (Å²) in [5, 5.41) is 0.143. The third-order valence-electron chi connectivity index (χ3n) is 7.17. The van der Waals surface area contributed by atoms with Crippen molar-refractivity contribution in [2.75, 3.05) is 5.73 Å². The van der Waals surface area contributed by atoms with Gasteiger partial charge in [0.15, 0.2) is 19.8 Å². The number of nitrogens with zero attached hydrogens (tertiary/aromatic N) is 5. The van der Waals surface area contributed by atoms with Crippen molar-refractivity contribution in [2.45, 2.75) is 45.5 Å². The van der Waals surface area contributed by atoms with Gasteiger partial charge in [0.25, 0.3) is 0 Å². The fourth-order valence-electron chi connectivity index (χ4n) is 3.88. The van der Waals surface area contributed by atoms with Crippen LogP contribution in [0.4, 0.5) is 10.2 Å². The van der Waals surface area contributed by atoms with Crippen LogP contribution in [0.25, 0.3) is 39.6 Å². The second kappa shape index (κ2) is 9.73. The zero-order valence-electron chi connectivity index (χ0n) is 22.2. The summed E-state index contributed by atoms with van der Waals surface area (Å²) in [7, 11) is -1.87. The molecule has 1 aromatic carbocycles. The maximum Gasteiger partial charge on any atom is 0.192 e. The molecular formula is C29H31FN6OSi. The molecule has 0 unspecified atom stereocenters. The molecule has 194 valence electrons. The van der Waals surface area contributed by atoms with Crippen molar-refractivity contribution in [2.24, 2.45) is 0 Å². The molecule has 38 heavy (non-hydrogen) atoms. The predicted molar refractivity (Wildman–Crippen MR) is 152 cm³/mol. The highest BCUT2D eigenvalue weighted by Crippen LogP contribution is 2.37. The summed E-state index contributed by atoms with van der Waals surface area (Å²) < 4.78 is 21.8. The number of pyridine rings is 3. The van der Waals surface area contributed by atoms with Crippen molar-refractivity contribution in [1.29, 1.82) is 0 Å². The number of benzene rings is 1. The van der Waals surface area contributed by atoms with Gasteiger partial charge in [-0.3, -0.25) is 9.55 Å². The molecule has 0 spiro atoms. The van der Waals surface area contributed by atoms with E-state index in [0.717, 1.165) is 11.3 Å². The highest BCUT2D eigenvalue weighted by atomic mass is 28.4. The number of rotatable bonds is 6. The number of halogens is 1. The molecule has 0 saturated heterocycles. The summed E-state index contributed by atoms with van der Waals surface area (Å²) in [6.45, 7) is 11.8. The molecule has 9 heteroatoms. The Morgan fingerprint density at radius 3 is 2.32 bits per heavy atom. The molecule has 0 aliphatic rings. The molecule has 5 rings (SSSR count). The molecule has 4 heterocycles. The van der Waals surface area contributed by atoms with Crippen molar-refractivity contribution >= 4 is 25.3 Å². The summed E-state index contributed by atoms with van der Waals surface area (Å²) in [6, 6.07) is 18.6. The molecule has 0 atom stereocenters. The Morgan fingerprint density at radius 2 is 1.66 bits per heavy atom. The van der Waals surface area contributed by atoms with Crippen molar-refractivity contribution in [3.05, 3.63) is 84.4 Å². The summed E-state index contributed by atoms with van der Waals surface area (Å²) in [6.07, 6.45) is 2.84. The summed E-state index contributed by atoms with van der Waals surface area (Å²) in [5.74, 6) is 0.614. The standard InChI is InChI=1S/C29H31FN6OSi/c1-29(2,3)38(4,5)37-18-19-8-11-21(12-9-19)36-27(22-7-6-16-32-26(22)31)35-25-15-14-24(34-28(25)36)23-13-10-20(30)17-33-23/h6-17H,18H2,1-5H3,(H2,31,32). The minimum Gasteiger partial charge on any atom is -0.413 e. The molecular weight excluding hydrogens is 495 g/mol. The van der Waals surface area contributed by atoms with Gasteiger partial charge in [0.2, 0.25) is 0 Å². The molecule has 7 nitrogen and oxygen atoms in total. The van der Waals surface area contributed by atoms with Crippen LogP contribution in [0.5, 0.6) is 0 Å². The highest BCUT2D eigenvalue weighted by Gasteiger charge is 2.37. The van der Waals surface area contributed by atoms with E-state index in [2.05, 4.69) is 56.0 Å². The smallest absolute Gasteiger partial charge is 0.192 e. The fraction of sp³-hybridized carbons (Fsp3) is 0.241. The van der Waals surface area contributed by atoms with E-state index in [1.165, 1.54) is 12.3 Å². The number of nitrogen functional groups attached to an aromatic ring is 1. The highest BCUT2D eigenvalue weighted by molar-refractivity contribution is 6.74. The second-order valence-corrected chi connectivity index (χ2v) is 15.6. The van der Waals surface area contributed by atoms with Crippen LogP contribution in [0.15, 0.2) is 73.1 Å². The van der Waals surface area contributed by atoms with Gasteiger partial charge in [-0.2, -0.15) is 0 Å². The maximum atomic E-state index is 13.5. The van der Waals surface area contributed by atoms with Crippen LogP contribution in [-0.2, 0) is 11.0 Å². The minimum absolute atomic E-state index is 0.143. The van der Waals surface area contributed by atoms with E-state index >= 15 is 0 Å². The van der Waals surface area contributed by atoms with Gasteiger partial charge in [-0.05, 0) is 72.2 Å². The average Bonchev–Trinajstić information content (AvgIpc) is 3.26. The molecule has 0 bridgehead atoms. The number of imidazole rings is 1. The summed E-state index contributed by atoms with van der Waals surface area (Å²) in [5.41, 5.74) is 11.4. The van der Waals surface area contributed by atoms with Gasteiger partial charge in [0.1, 0.15) is 17.2 Å². The Bertz CT molecular complexity index is 1590. The zero-order chi connectivity index (χ0) is 27.1. The van der Waals surface area contributed by atoms with Crippen molar-refractivity contribution in [3.8, 4) is 28.5 Å². The number of nitrogens with two attached hydrogens (primary N) is 1. The first-order valence-corrected chi connectivity index (χ1v) is 15.4. The molecule has 5 aromatic rings. The third kappa shape index (κ3) is 4.94. The van der Waals surface area contributed by atoms with E-state index in [9.17, 15) is 4.39 Å². The van der Waals surface area contributed by atoms with Gasteiger partial charge in [0.05, 0.1) is 29.8 Å². The van der Waals surface area contributed by atoms with E-state index in [1.807, 2.05) is 41.0 Å². The Balaban J connectivity index is 1.59. The zero-order valence-corrected chi connectivity index (χ0v) is 23.2. The predicted octanol–water partition coefficient (Wildman–Crippen LogP) is 6.79. The Hall–Kier alpha value is -3.95. The van der Waals surface area contributed by atoms with Gasteiger partial charge in [-0.25, -0.2) is 19.3 Å². The second-order valence-electron chi connectivity index (χ2n) is 10.8. The van der Waals surface area contributed by atoms with Crippen LogP contribution in [0.1, 0.15) is 26.3 Å². The number of hydrogen-bond acceptors (Lipinski definition) is 6. The minimum atomic E-state index is -1.87. The van der Waals surface area contributed by atoms with Crippen LogP contribution >= 0.6 is 0 Å². The van der Waals surface area contributed by atoms with Gasteiger partial charge in [0, 0.05) is 11.9 Å². The molecule has 0 aliphatic heterocycles. The van der Waals surface area contributed by atoms with Gasteiger partial charge < -0.3 is 10.2 Å². The van der Waals surface area contributed by atoms with Crippen LogP contribution in [0.2, 0.25) is 18.1 Å². The van der Waals surface area contributed by atoms with Crippen molar-refractivity contribution < 1.29 is 8.82 Å². The molecule has 2 N–H and O–H groups in total. The first-order chi connectivity index (χ1) is 18.0. The summed E-state index contributed by atoms with van der Waals surface area (Å²) in [4.78, 5) is 18.2. The number of hydrogen-bond donors (Lipinski definition) is 1. The molecule has 0 aliphatic carbocycles. The first-order valence-electron chi connectivity index (χ1n) is 12.5. The van der Waals surface area contributed by atoms with E-state index in [0.29, 0.717) is 46.4 Å². The van der Waals surface area contributed by atoms with Crippen LogP contribution < -0.4 is 5.73 Å².